The van der Waals surface area contributed by atoms with Crippen molar-refractivity contribution in [1.82, 2.24) is 15.3 Å². The zero-order valence-corrected chi connectivity index (χ0v) is 18.8. The van der Waals surface area contributed by atoms with Gasteiger partial charge in [-0.3, -0.25) is 10.1 Å². The van der Waals surface area contributed by atoms with Gasteiger partial charge >= 0.3 is 0 Å². The van der Waals surface area contributed by atoms with Crippen molar-refractivity contribution >= 4 is 34.0 Å². The predicted molar refractivity (Wildman–Crippen MR) is 119 cm³/mol. The molecule has 0 radical (unpaired) electrons. The van der Waals surface area contributed by atoms with Crippen molar-refractivity contribution in [3.8, 4) is 0 Å². The van der Waals surface area contributed by atoms with E-state index in [2.05, 4.69) is 25.3 Å². The molecule has 10 heteroatoms. The molecule has 0 saturated carbocycles. The van der Waals surface area contributed by atoms with Crippen LogP contribution in [0.25, 0.3) is 6.08 Å². The minimum Gasteiger partial charge on any atom is -0.462 e. The third-order valence-electron chi connectivity index (χ3n) is 3.83. The Hall–Kier alpha value is -2.82. The number of sulfone groups is 1. The summed E-state index contributed by atoms with van der Waals surface area (Å²) in [5, 5.41) is 6.23. The summed E-state index contributed by atoms with van der Waals surface area (Å²) in [4.78, 5) is 17.7. The maximum atomic E-state index is 11.4. The molecule has 1 unspecified atom stereocenters. The molecule has 3 rings (SSSR count). The third kappa shape index (κ3) is 9.24. The van der Waals surface area contributed by atoms with Crippen LogP contribution in [-0.2, 0) is 24.1 Å². The fourth-order valence-electron chi connectivity index (χ4n) is 2.29. The summed E-state index contributed by atoms with van der Waals surface area (Å²) < 4.78 is 32.7. The van der Waals surface area contributed by atoms with Gasteiger partial charge in [0.1, 0.15) is 16.7 Å². The molecule has 1 aromatic carbocycles. The first kappa shape index (κ1) is 24.4. The summed E-state index contributed by atoms with van der Waals surface area (Å²) >= 11 is 0. The number of ether oxygens (including phenoxy) is 2. The van der Waals surface area contributed by atoms with Crippen molar-refractivity contribution in [2.24, 2.45) is 0 Å². The molecule has 0 spiro atoms. The van der Waals surface area contributed by atoms with Crippen LogP contribution in [0.5, 0.6) is 0 Å². The Kier molecular flexibility index (Phi) is 8.66. The van der Waals surface area contributed by atoms with Crippen LogP contribution >= 0.6 is 0 Å². The molecule has 0 amide bonds. The first-order valence-corrected chi connectivity index (χ1v) is 11.5. The van der Waals surface area contributed by atoms with E-state index in [0.29, 0.717) is 12.4 Å². The highest BCUT2D eigenvalue weighted by molar-refractivity contribution is 7.90. The number of benzene rings is 1. The Labute approximate surface area is 182 Å². The predicted octanol–water partition coefficient (Wildman–Crippen LogP) is 2.54. The van der Waals surface area contributed by atoms with Gasteiger partial charge < -0.3 is 14.8 Å². The number of nitrogens with zero attached hydrogens (tertiary/aromatic N) is 2. The van der Waals surface area contributed by atoms with Crippen LogP contribution in [0, 0.1) is 0 Å². The highest BCUT2D eigenvalue weighted by Gasteiger charge is 2.10. The Bertz CT molecular complexity index is 962. The SMILES string of the molecule is CC(C)(C)OC=O.CS(=O)(=O)c1cnc(Nc2ccc(C=CC3NCCO3)cc2)nc1. The second kappa shape index (κ2) is 11.0. The summed E-state index contributed by atoms with van der Waals surface area (Å²) in [7, 11) is -3.29. The van der Waals surface area contributed by atoms with E-state index in [4.69, 9.17) is 4.74 Å². The van der Waals surface area contributed by atoms with Crippen LogP contribution in [0.2, 0.25) is 0 Å². The molecule has 1 fully saturated rings. The maximum Gasteiger partial charge on any atom is 0.293 e. The summed E-state index contributed by atoms with van der Waals surface area (Å²) in [6.07, 6.45) is 7.64. The van der Waals surface area contributed by atoms with Crippen LogP contribution in [-0.4, -0.2) is 56.1 Å². The van der Waals surface area contributed by atoms with Crippen molar-refractivity contribution in [2.75, 3.05) is 24.7 Å². The first-order valence-electron chi connectivity index (χ1n) is 9.61. The summed E-state index contributed by atoms with van der Waals surface area (Å²) in [6, 6.07) is 7.71. The van der Waals surface area contributed by atoms with Crippen molar-refractivity contribution in [2.45, 2.75) is 37.5 Å². The number of carbonyl (C=O) groups excluding carboxylic acids is 1. The minimum atomic E-state index is -3.29. The molecule has 1 aliphatic rings. The van der Waals surface area contributed by atoms with Gasteiger partial charge in [-0.2, -0.15) is 0 Å². The van der Waals surface area contributed by atoms with Crippen LogP contribution in [0.15, 0.2) is 47.6 Å². The van der Waals surface area contributed by atoms with Gasteiger partial charge in [0.25, 0.3) is 6.47 Å². The number of carbonyl (C=O) groups is 1. The Morgan fingerprint density at radius 3 is 2.29 bits per heavy atom. The summed E-state index contributed by atoms with van der Waals surface area (Å²) in [5.41, 5.74) is 1.54. The second-order valence-corrected chi connectivity index (χ2v) is 9.71. The van der Waals surface area contributed by atoms with E-state index in [9.17, 15) is 13.2 Å². The molecule has 31 heavy (non-hydrogen) atoms. The molecule has 0 aliphatic carbocycles. The largest absolute Gasteiger partial charge is 0.462 e. The van der Waals surface area contributed by atoms with Crippen molar-refractivity contribution in [3.05, 3.63) is 48.3 Å². The van der Waals surface area contributed by atoms with Gasteiger partial charge in [-0.25, -0.2) is 18.4 Å². The Balaban J connectivity index is 0.000000423. The molecule has 2 aromatic rings. The van der Waals surface area contributed by atoms with E-state index in [1.54, 1.807) is 0 Å². The maximum absolute atomic E-state index is 11.4. The van der Waals surface area contributed by atoms with E-state index in [1.807, 2.05) is 57.2 Å². The zero-order chi connectivity index (χ0) is 22.9. The normalized spacial score (nSPS) is 16.5. The molecular formula is C21H28N4O5S. The average molecular weight is 449 g/mol. The quantitative estimate of drug-likeness (QED) is 0.642. The molecule has 168 valence electrons. The standard InChI is InChI=1S/C16H18N4O3S.C5H10O2/c1-24(21,22)14-10-18-16(19-11-14)20-13-5-2-12(3-6-13)4-7-15-17-8-9-23-15;1-5(2,3)7-4-6/h2-7,10-11,15,17H,8-9H2,1H3,(H,18,19,20);4H,1-3H3. The molecule has 1 aliphatic heterocycles. The van der Waals surface area contributed by atoms with Crippen LogP contribution in [0.1, 0.15) is 26.3 Å². The number of hydrogen-bond donors (Lipinski definition) is 2. The lowest BCUT2D eigenvalue weighted by Gasteiger charge is -2.14. The minimum absolute atomic E-state index is 0.0236. The lowest BCUT2D eigenvalue weighted by atomic mass is 10.2. The van der Waals surface area contributed by atoms with Gasteiger partial charge in [-0.1, -0.05) is 18.2 Å². The molecule has 2 N–H and O–H groups in total. The number of aromatic nitrogens is 2. The van der Waals surface area contributed by atoms with E-state index in [0.717, 1.165) is 30.7 Å². The van der Waals surface area contributed by atoms with E-state index in [-0.39, 0.29) is 16.7 Å². The zero-order valence-electron chi connectivity index (χ0n) is 18.0. The highest BCUT2D eigenvalue weighted by Crippen LogP contribution is 2.16. The number of hydrogen-bond acceptors (Lipinski definition) is 9. The Morgan fingerprint density at radius 2 is 1.84 bits per heavy atom. The molecule has 1 aromatic heterocycles. The number of rotatable bonds is 6. The van der Waals surface area contributed by atoms with Crippen molar-refractivity contribution < 1.29 is 22.7 Å². The third-order valence-corrected chi connectivity index (χ3v) is 4.90. The monoisotopic (exact) mass is 448 g/mol. The fraction of sp³-hybridized carbons (Fsp3) is 0.381. The van der Waals surface area contributed by atoms with Gasteiger partial charge in [-0.15, -0.1) is 0 Å². The summed E-state index contributed by atoms with van der Waals surface area (Å²) in [6.45, 7) is 7.52. The molecule has 0 bridgehead atoms. The van der Waals surface area contributed by atoms with Gasteiger partial charge in [0, 0.05) is 18.5 Å². The lowest BCUT2D eigenvalue weighted by molar-refractivity contribution is -0.138. The molecule has 2 heterocycles. The lowest BCUT2D eigenvalue weighted by Crippen LogP contribution is -2.19. The summed E-state index contributed by atoms with van der Waals surface area (Å²) in [5.74, 6) is 0.342. The van der Waals surface area contributed by atoms with Gasteiger partial charge in [0.2, 0.25) is 5.95 Å². The van der Waals surface area contributed by atoms with Crippen LogP contribution < -0.4 is 10.6 Å². The smallest absolute Gasteiger partial charge is 0.293 e. The van der Waals surface area contributed by atoms with Crippen LogP contribution in [0.4, 0.5) is 11.6 Å². The number of nitrogens with one attached hydrogen (secondary N) is 2. The topological polar surface area (TPSA) is 120 Å². The average Bonchev–Trinajstić information content (AvgIpc) is 3.20. The first-order chi connectivity index (χ1) is 14.6. The van der Waals surface area contributed by atoms with E-state index >= 15 is 0 Å². The van der Waals surface area contributed by atoms with Gasteiger partial charge in [0.15, 0.2) is 9.84 Å². The number of anilines is 2. The van der Waals surface area contributed by atoms with Crippen LogP contribution in [0.3, 0.4) is 0 Å². The van der Waals surface area contributed by atoms with Gasteiger partial charge in [-0.05, 0) is 44.5 Å². The molecule has 9 nitrogen and oxygen atoms in total. The van der Waals surface area contributed by atoms with Crippen molar-refractivity contribution in [3.63, 3.8) is 0 Å². The van der Waals surface area contributed by atoms with Gasteiger partial charge in [0.05, 0.1) is 19.0 Å². The van der Waals surface area contributed by atoms with Crippen molar-refractivity contribution in [1.29, 1.82) is 0 Å². The Morgan fingerprint density at radius 1 is 1.19 bits per heavy atom. The van der Waals surface area contributed by atoms with E-state index < -0.39 is 9.84 Å². The molecule has 1 atom stereocenters. The highest BCUT2D eigenvalue weighted by atomic mass is 32.2. The molecule has 1 saturated heterocycles. The fourth-order valence-corrected chi connectivity index (χ4v) is 2.78. The van der Waals surface area contributed by atoms with E-state index in [1.165, 1.54) is 12.4 Å². The second-order valence-electron chi connectivity index (χ2n) is 7.69. The molecular weight excluding hydrogens is 420 g/mol.